The van der Waals surface area contributed by atoms with Gasteiger partial charge in [-0.15, -0.1) is 0 Å². The van der Waals surface area contributed by atoms with Crippen molar-refractivity contribution in [2.45, 2.75) is 6.92 Å². The predicted molar refractivity (Wildman–Crippen MR) is 103 cm³/mol. The highest BCUT2D eigenvalue weighted by molar-refractivity contribution is 5.98. The van der Waals surface area contributed by atoms with E-state index in [2.05, 4.69) is 31.3 Å². The third-order valence-corrected chi connectivity index (χ3v) is 5.19. The van der Waals surface area contributed by atoms with Gasteiger partial charge in [-0.25, -0.2) is 9.97 Å². The molecule has 4 heterocycles. The van der Waals surface area contributed by atoms with Gasteiger partial charge in [-0.1, -0.05) is 12.1 Å². The molecule has 0 aliphatic carbocycles. The van der Waals surface area contributed by atoms with E-state index in [-0.39, 0.29) is 5.91 Å². The van der Waals surface area contributed by atoms with Crippen molar-refractivity contribution in [3.8, 4) is 5.69 Å². The molecule has 2 aliphatic heterocycles. The van der Waals surface area contributed by atoms with E-state index in [0.29, 0.717) is 30.3 Å². The maximum absolute atomic E-state index is 13.2. The molecule has 2 aromatic heterocycles. The first-order valence-corrected chi connectivity index (χ1v) is 9.21. The summed E-state index contributed by atoms with van der Waals surface area (Å²) in [5.41, 5.74) is 2.57. The standard InChI is InChI=1S/C20H19N7O/c1-14-21-7-6-19(24-14)25-10-15-12-26(13-16(15)11-25)20(28)17-4-2-3-5-18(17)27-22-8-9-23-27/h2-10,16H,11-13H2,1H3. The summed E-state index contributed by atoms with van der Waals surface area (Å²) in [6, 6.07) is 9.37. The highest BCUT2D eigenvalue weighted by Crippen LogP contribution is 2.33. The number of hydrogen-bond donors (Lipinski definition) is 0. The molecule has 3 aromatic rings. The Morgan fingerprint density at radius 2 is 1.89 bits per heavy atom. The molecule has 1 aromatic carbocycles. The molecular formula is C20H19N7O. The molecule has 8 nitrogen and oxygen atoms in total. The molecule has 140 valence electrons. The van der Waals surface area contributed by atoms with Gasteiger partial charge >= 0.3 is 0 Å². The number of aromatic nitrogens is 5. The van der Waals surface area contributed by atoms with E-state index in [4.69, 9.17) is 0 Å². The Balaban J connectivity index is 1.37. The first kappa shape index (κ1) is 16.6. The maximum Gasteiger partial charge on any atom is 0.256 e. The minimum atomic E-state index is 0.00707. The van der Waals surface area contributed by atoms with Crippen LogP contribution < -0.4 is 4.90 Å². The van der Waals surface area contributed by atoms with Crippen LogP contribution in [0.5, 0.6) is 0 Å². The number of anilines is 1. The van der Waals surface area contributed by atoms with Crippen LogP contribution in [0.15, 0.2) is 60.7 Å². The summed E-state index contributed by atoms with van der Waals surface area (Å²) in [7, 11) is 0. The largest absolute Gasteiger partial charge is 0.334 e. The van der Waals surface area contributed by atoms with Gasteiger partial charge < -0.3 is 9.80 Å². The molecule has 0 bridgehead atoms. The third-order valence-electron chi connectivity index (χ3n) is 5.19. The van der Waals surface area contributed by atoms with Gasteiger partial charge in [0, 0.05) is 37.9 Å². The molecule has 0 radical (unpaired) electrons. The molecule has 0 saturated carbocycles. The fourth-order valence-electron chi connectivity index (χ4n) is 3.87. The van der Waals surface area contributed by atoms with Crippen LogP contribution in [0.2, 0.25) is 0 Å². The van der Waals surface area contributed by atoms with Crippen LogP contribution in [-0.2, 0) is 0 Å². The lowest BCUT2D eigenvalue weighted by atomic mass is 10.1. The molecule has 1 fully saturated rings. The average Bonchev–Trinajstić information content (AvgIpc) is 3.43. The van der Waals surface area contributed by atoms with Gasteiger partial charge in [0.2, 0.25) is 0 Å². The van der Waals surface area contributed by atoms with Crippen molar-refractivity contribution in [3.63, 3.8) is 0 Å². The lowest BCUT2D eigenvalue weighted by Gasteiger charge is -2.21. The van der Waals surface area contributed by atoms with Crippen molar-refractivity contribution < 1.29 is 4.79 Å². The Kier molecular flexibility index (Phi) is 3.89. The lowest BCUT2D eigenvalue weighted by Crippen LogP contribution is -2.32. The van der Waals surface area contributed by atoms with E-state index >= 15 is 0 Å². The van der Waals surface area contributed by atoms with E-state index in [1.165, 1.54) is 10.4 Å². The number of fused-ring (bicyclic) bond motifs is 1. The molecule has 1 amide bonds. The normalized spacial score (nSPS) is 18.3. The number of hydrogen-bond acceptors (Lipinski definition) is 6. The fraction of sp³-hybridized carbons (Fsp3) is 0.250. The molecule has 8 heteroatoms. The number of rotatable bonds is 3. The summed E-state index contributed by atoms with van der Waals surface area (Å²) in [6.07, 6.45) is 7.12. The highest BCUT2D eigenvalue weighted by atomic mass is 16.2. The van der Waals surface area contributed by atoms with Crippen LogP contribution in [0.25, 0.3) is 5.69 Å². The van der Waals surface area contributed by atoms with E-state index in [9.17, 15) is 4.79 Å². The molecule has 1 saturated heterocycles. The van der Waals surface area contributed by atoms with Crippen LogP contribution in [0.4, 0.5) is 5.82 Å². The summed E-state index contributed by atoms with van der Waals surface area (Å²) in [5, 5.41) is 8.34. The number of nitrogens with zero attached hydrogens (tertiary/aromatic N) is 7. The van der Waals surface area contributed by atoms with Crippen molar-refractivity contribution in [1.82, 2.24) is 29.9 Å². The molecule has 5 rings (SSSR count). The first-order chi connectivity index (χ1) is 13.7. The van der Waals surface area contributed by atoms with Crippen molar-refractivity contribution in [2.24, 2.45) is 5.92 Å². The minimum absolute atomic E-state index is 0.00707. The quantitative estimate of drug-likeness (QED) is 0.697. The molecule has 28 heavy (non-hydrogen) atoms. The van der Waals surface area contributed by atoms with Crippen LogP contribution >= 0.6 is 0 Å². The van der Waals surface area contributed by atoms with Crippen molar-refractivity contribution in [3.05, 3.63) is 72.1 Å². The van der Waals surface area contributed by atoms with Gasteiger partial charge in [0.1, 0.15) is 11.6 Å². The van der Waals surface area contributed by atoms with Crippen LogP contribution in [0, 0.1) is 12.8 Å². The maximum atomic E-state index is 13.2. The first-order valence-electron chi connectivity index (χ1n) is 9.21. The van der Waals surface area contributed by atoms with E-state index in [0.717, 1.165) is 18.2 Å². The smallest absolute Gasteiger partial charge is 0.256 e. The lowest BCUT2D eigenvalue weighted by molar-refractivity contribution is 0.0788. The second-order valence-corrected chi connectivity index (χ2v) is 7.04. The monoisotopic (exact) mass is 373 g/mol. The minimum Gasteiger partial charge on any atom is -0.334 e. The Hall–Kier alpha value is -3.55. The molecule has 0 N–H and O–H groups in total. The summed E-state index contributed by atoms with van der Waals surface area (Å²) in [6.45, 7) is 4.05. The number of carbonyl (C=O) groups is 1. The number of carbonyl (C=O) groups excluding carboxylic acids is 1. The zero-order chi connectivity index (χ0) is 19.1. The Labute approximate surface area is 162 Å². The van der Waals surface area contributed by atoms with Crippen molar-refractivity contribution >= 4 is 11.7 Å². The number of likely N-dealkylation sites (tertiary alicyclic amines) is 1. The summed E-state index contributed by atoms with van der Waals surface area (Å²) in [5.74, 6) is 2.00. The molecule has 0 spiro atoms. The summed E-state index contributed by atoms with van der Waals surface area (Å²) >= 11 is 0. The second kappa shape index (κ2) is 6.56. The van der Waals surface area contributed by atoms with Gasteiger partial charge in [-0.3, -0.25) is 4.79 Å². The topological polar surface area (TPSA) is 80.0 Å². The fourth-order valence-corrected chi connectivity index (χ4v) is 3.87. The van der Waals surface area contributed by atoms with Gasteiger partial charge in [-0.05, 0) is 30.7 Å². The molecule has 1 atom stereocenters. The number of para-hydroxylation sites is 1. The van der Waals surface area contributed by atoms with Crippen LogP contribution in [-0.4, -0.2) is 55.4 Å². The Morgan fingerprint density at radius 3 is 2.68 bits per heavy atom. The molecular weight excluding hydrogens is 354 g/mol. The van der Waals surface area contributed by atoms with Crippen LogP contribution in [0.3, 0.4) is 0 Å². The number of benzene rings is 1. The average molecular weight is 373 g/mol. The summed E-state index contributed by atoms with van der Waals surface area (Å²) < 4.78 is 0. The second-order valence-electron chi connectivity index (χ2n) is 7.04. The number of aryl methyl sites for hydroxylation is 1. The predicted octanol–water partition coefficient (Wildman–Crippen LogP) is 1.84. The zero-order valence-electron chi connectivity index (χ0n) is 15.4. The summed E-state index contributed by atoms with van der Waals surface area (Å²) in [4.78, 5) is 27.4. The van der Waals surface area contributed by atoms with E-state index in [1.807, 2.05) is 42.2 Å². The van der Waals surface area contributed by atoms with Gasteiger partial charge in [-0.2, -0.15) is 15.0 Å². The van der Waals surface area contributed by atoms with Crippen LogP contribution in [0.1, 0.15) is 16.2 Å². The van der Waals surface area contributed by atoms with Gasteiger partial charge in [0.25, 0.3) is 5.91 Å². The van der Waals surface area contributed by atoms with Gasteiger partial charge in [0.05, 0.1) is 23.6 Å². The number of amides is 1. The van der Waals surface area contributed by atoms with E-state index < -0.39 is 0 Å². The molecule has 2 aliphatic rings. The van der Waals surface area contributed by atoms with Crippen molar-refractivity contribution in [1.29, 1.82) is 0 Å². The zero-order valence-corrected chi connectivity index (χ0v) is 15.4. The van der Waals surface area contributed by atoms with E-state index in [1.54, 1.807) is 18.6 Å². The SMILES string of the molecule is Cc1nccc(N2C=C3CN(C(=O)c4ccccc4-n4nccn4)CC3C2)n1. The molecule has 1 unspecified atom stereocenters. The Bertz CT molecular complexity index is 1060. The van der Waals surface area contributed by atoms with Gasteiger partial charge in [0.15, 0.2) is 0 Å². The van der Waals surface area contributed by atoms with Crippen molar-refractivity contribution in [2.75, 3.05) is 24.5 Å². The highest BCUT2D eigenvalue weighted by Gasteiger charge is 2.37. The third kappa shape index (κ3) is 2.83. The Morgan fingerprint density at radius 1 is 1.07 bits per heavy atom.